The molecule has 6 heteroatoms. The van der Waals surface area contributed by atoms with Gasteiger partial charge in [-0.25, -0.2) is 4.98 Å². The molecule has 2 aromatic carbocycles. The molecule has 0 unspecified atom stereocenters. The molecule has 0 spiro atoms. The molecule has 25 heavy (non-hydrogen) atoms. The van der Waals surface area contributed by atoms with E-state index in [-0.39, 0.29) is 11.7 Å². The molecule has 1 amide bonds. The maximum atomic E-state index is 13.0. The van der Waals surface area contributed by atoms with Crippen molar-refractivity contribution in [3.63, 3.8) is 0 Å². The Balaban J connectivity index is 1.89. The van der Waals surface area contributed by atoms with E-state index in [0.717, 1.165) is 10.2 Å². The zero-order chi connectivity index (χ0) is 17.8. The summed E-state index contributed by atoms with van der Waals surface area (Å²) < 4.78 is 2.63. The summed E-state index contributed by atoms with van der Waals surface area (Å²) in [6.07, 6.45) is 3.20. The summed E-state index contributed by atoms with van der Waals surface area (Å²) in [7, 11) is 0. The van der Waals surface area contributed by atoms with Crippen molar-refractivity contribution in [3.8, 4) is 11.4 Å². The van der Waals surface area contributed by atoms with Crippen LogP contribution in [-0.4, -0.2) is 32.0 Å². The lowest BCUT2D eigenvalue weighted by molar-refractivity contribution is 0.0743. The topological polar surface area (TPSA) is 58.4 Å². The molecule has 0 saturated carbocycles. The summed E-state index contributed by atoms with van der Waals surface area (Å²) in [6.45, 7) is 2.75. The molecule has 0 fully saturated rings. The standard InChI is InChI=1S/C19H18BrN3O2/c1-2-22(12-14-10-15(20)8-9-18(14)24)19(25)17-11-21-13-23(17)16-6-4-3-5-7-16/h3-11,13,24H,2,12H2,1H3. The summed E-state index contributed by atoms with van der Waals surface area (Å²) in [4.78, 5) is 18.8. The van der Waals surface area contributed by atoms with Gasteiger partial charge in [0.1, 0.15) is 11.4 Å². The van der Waals surface area contributed by atoms with E-state index in [9.17, 15) is 9.90 Å². The van der Waals surface area contributed by atoms with E-state index in [2.05, 4.69) is 20.9 Å². The largest absolute Gasteiger partial charge is 0.508 e. The number of phenols is 1. The second-order valence-electron chi connectivity index (χ2n) is 5.58. The number of amides is 1. The lowest BCUT2D eigenvalue weighted by Crippen LogP contribution is -2.31. The molecule has 0 radical (unpaired) electrons. The smallest absolute Gasteiger partial charge is 0.272 e. The first-order chi connectivity index (χ1) is 12.1. The predicted molar refractivity (Wildman–Crippen MR) is 99.8 cm³/mol. The molecular formula is C19H18BrN3O2. The molecule has 0 bridgehead atoms. The van der Waals surface area contributed by atoms with Crippen molar-refractivity contribution in [2.45, 2.75) is 13.5 Å². The van der Waals surface area contributed by atoms with Crippen molar-refractivity contribution >= 4 is 21.8 Å². The number of benzene rings is 2. The van der Waals surface area contributed by atoms with E-state index in [4.69, 9.17) is 0 Å². The number of carbonyl (C=O) groups is 1. The Morgan fingerprint density at radius 3 is 2.72 bits per heavy atom. The third kappa shape index (κ3) is 3.74. The lowest BCUT2D eigenvalue weighted by atomic mass is 10.2. The average molecular weight is 400 g/mol. The Morgan fingerprint density at radius 2 is 2.00 bits per heavy atom. The molecule has 5 nitrogen and oxygen atoms in total. The Morgan fingerprint density at radius 1 is 1.24 bits per heavy atom. The minimum Gasteiger partial charge on any atom is -0.508 e. The van der Waals surface area contributed by atoms with Crippen LogP contribution in [-0.2, 0) is 6.54 Å². The van der Waals surface area contributed by atoms with Crippen LogP contribution in [0.1, 0.15) is 23.0 Å². The van der Waals surface area contributed by atoms with Crippen LogP contribution in [0.4, 0.5) is 0 Å². The van der Waals surface area contributed by atoms with Crippen molar-refractivity contribution in [2.24, 2.45) is 0 Å². The van der Waals surface area contributed by atoms with Gasteiger partial charge in [-0.15, -0.1) is 0 Å². The molecule has 1 heterocycles. The first-order valence-electron chi connectivity index (χ1n) is 7.94. The van der Waals surface area contributed by atoms with Gasteiger partial charge in [-0.1, -0.05) is 34.1 Å². The number of hydrogen-bond donors (Lipinski definition) is 1. The number of nitrogens with zero attached hydrogens (tertiary/aromatic N) is 3. The summed E-state index contributed by atoms with van der Waals surface area (Å²) >= 11 is 3.40. The molecule has 0 saturated heterocycles. The molecule has 3 rings (SSSR count). The van der Waals surface area contributed by atoms with E-state index in [1.807, 2.05) is 43.3 Å². The summed E-state index contributed by atoms with van der Waals surface area (Å²) in [6, 6.07) is 14.8. The molecule has 0 aliphatic carbocycles. The third-order valence-corrected chi connectivity index (χ3v) is 4.46. The van der Waals surface area contributed by atoms with Gasteiger partial charge in [-0.05, 0) is 37.3 Å². The fourth-order valence-corrected chi connectivity index (χ4v) is 3.03. The third-order valence-electron chi connectivity index (χ3n) is 3.96. The minimum atomic E-state index is -0.136. The molecule has 3 aromatic rings. The van der Waals surface area contributed by atoms with Crippen molar-refractivity contribution < 1.29 is 9.90 Å². The Hall–Kier alpha value is -2.60. The number of halogens is 1. The normalized spacial score (nSPS) is 10.6. The van der Waals surface area contributed by atoms with Crippen molar-refractivity contribution in [1.29, 1.82) is 0 Å². The zero-order valence-corrected chi connectivity index (χ0v) is 15.3. The van der Waals surface area contributed by atoms with Gasteiger partial charge in [0.05, 0.1) is 12.5 Å². The van der Waals surface area contributed by atoms with Crippen LogP contribution in [0, 0.1) is 0 Å². The molecule has 1 aromatic heterocycles. The lowest BCUT2D eigenvalue weighted by Gasteiger charge is -2.22. The number of hydrogen-bond acceptors (Lipinski definition) is 3. The first kappa shape index (κ1) is 17.2. The monoisotopic (exact) mass is 399 g/mol. The van der Waals surface area contributed by atoms with Crippen LogP contribution < -0.4 is 0 Å². The molecule has 0 aliphatic heterocycles. The second kappa shape index (κ2) is 7.53. The van der Waals surface area contributed by atoms with E-state index >= 15 is 0 Å². The van der Waals surface area contributed by atoms with Gasteiger partial charge >= 0.3 is 0 Å². The van der Waals surface area contributed by atoms with E-state index in [0.29, 0.717) is 24.3 Å². The predicted octanol–water partition coefficient (Wildman–Crippen LogP) is 4.00. The maximum absolute atomic E-state index is 13.0. The van der Waals surface area contributed by atoms with Crippen molar-refractivity contribution in [3.05, 3.63) is 76.8 Å². The number of phenolic OH excluding ortho intramolecular Hbond substituents is 1. The number of para-hydroxylation sites is 1. The van der Waals surface area contributed by atoms with Crippen molar-refractivity contribution in [2.75, 3.05) is 6.54 Å². The quantitative estimate of drug-likeness (QED) is 0.704. The molecule has 0 atom stereocenters. The fourth-order valence-electron chi connectivity index (χ4n) is 2.62. The Bertz CT molecular complexity index is 877. The van der Waals surface area contributed by atoms with Crippen LogP contribution in [0.25, 0.3) is 5.69 Å². The van der Waals surface area contributed by atoms with Gasteiger partial charge < -0.3 is 10.0 Å². The SMILES string of the molecule is CCN(Cc1cc(Br)ccc1O)C(=O)c1cncn1-c1ccccc1. The van der Waals surface area contributed by atoms with Crippen LogP contribution in [0.2, 0.25) is 0 Å². The number of imidazole rings is 1. The first-order valence-corrected chi connectivity index (χ1v) is 8.74. The number of aromatic hydroxyl groups is 1. The van der Waals surface area contributed by atoms with Gasteiger partial charge in [0.2, 0.25) is 0 Å². The van der Waals surface area contributed by atoms with Gasteiger partial charge in [0.25, 0.3) is 5.91 Å². The highest BCUT2D eigenvalue weighted by atomic mass is 79.9. The van der Waals surface area contributed by atoms with Gasteiger partial charge in [-0.2, -0.15) is 0 Å². The second-order valence-corrected chi connectivity index (χ2v) is 6.49. The summed E-state index contributed by atoms with van der Waals surface area (Å²) in [5, 5.41) is 10.0. The highest BCUT2D eigenvalue weighted by Crippen LogP contribution is 2.24. The number of rotatable bonds is 5. The maximum Gasteiger partial charge on any atom is 0.272 e. The van der Waals surface area contributed by atoms with E-state index in [1.165, 1.54) is 0 Å². The molecule has 0 aliphatic rings. The van der Waals surface area contributed by atoms with E-state index in [1.54, 1.807) is 34.1 Å². The number of aromatic nitrogens is 2. The average Bonchev–Trinajstić information content (AvgIpc) is 3.12. The van der Waals surface area contributed by atoms with Gasteiger partial charge in [0, 0.05) is 28.8 Å². The Labute approximate surface area is 154 Å². The fraction of sp³-hybridized carbons (Fsp3) is 0.158. The van der Waals surface area contributed by atoms with Gasteiger partial charge in [0.15, 0.2) is 0 Å². The van der Waals surface area contributed by atoms with Crippen LogP contribution in [0.15, 0.2) is 65.5 Å². The zero-order valence-electron chi connectivity index (χ0n) is 13.8. The van der Waals surface area contributed by atoms with E-state index < -0.39 is 0 Å². The summed E-state index contributed by atoms with van der Waals surface area (Å²) in [5.41, 5.74) is 2.06. The highest BCUT2D eigenvalue weighted by molar-refractivity contribution is 9.10. The van der Waals surface area contributed by atoms with Crippen molar-refractivity contribution in [1.82, 2.24) is 14.5 Å². The van der Waals surface area contributed by atoms with Crippen LogP contribution in [0.5, 0.6) is 5.75 Å². The highest BCUT2D eigenvalue weighted by Gasteiger charge is 2.20. The summed E-state index contributed by atoms with van der Waals surface area (Å²) in [5.74, 6) is 0.0363. The van der Waals surface area contributed by atoms with Crippen LogP contribution in [0.3, 0.4) is 0 Å². The Kier molecular flexibility index (Phi) is 5.19. The molecular weight excluding hydrogens is 382 g/mol. The molecule has 1 N–H and O–H groups in total. The minimum absolute atomic E-state index is 0.136. The molecule has 128 valence electrons. The number of carbonyl (C=O) groups excluding carboxylic acids is 1. The van der Waals surface area contributed by atoms with Crippen LogP contribution >= 0.6 is 15.9 Å². The van der Waals surface area contributed by atoms with Gasteiger partial charge in [-0.3, -0.25) is 9.36 Å².